The van der Waals surface area contributed by atoms with E-state index in [9.17, 15) is 0 Å². The topological polar surface area (TPSA) is 38.6 Å². The van der Waals surface area contributed by atoms with Crippen molar-refractivity contribution in [3.63, 3.8) is 0 Å². The molecule has 0 aliphatic carbocycles. The molecule has 0 saturated carbocycles. The molecule has 0 bridgehead atoms. The Bertz CT molecular complexity index is 477. The van der Waals surface area contributed by atoms with E-state index in [2.05, 4.69) is 53.2 Å². The van der Waals surface area contributed by atoms with E-state index in [1.54, 1.807) is 18.4 Å². The Balaban J connectivity index is 2.13. The highest BCUT2D eigenvalue weighted by molar-refractivity contribution is 7.15. The summed E-state index contributed by atoms with van der Waals surface area (Å²) < 4.78 is 7.74. The number of hydrogen-bond acceptors (Lipinski definition) is 4. The maximum Gasteiger partial charge on any atom is 0.193 e. The third-order valence-corrected chi connectivity index (χ3v) is 4.14. The summed E-state index contributed by atoms with van der Waals surface area (Å²) in [7, 11) is 1.79. The molecule has 0 aliphatic heterocycles. The van der Waals surface area contributed by atoms with Crippen LogP contribution in [0.5, 0.6) is 0 Å². The summed E-state index contributed by atoms with van der Waals surface area (Å²) in [5.41, 5.74) is 1.13. The molecule has 0 amide bonds. The molecule has 0 aliphatic rings. The van der Waals surface area contributed by atoms with Crippen molar-refractivity contribution in [2.45, 2.75) is 39.3 Å². The molecule has 0 spiro atoms. The standard InChI is InChI=1S/C14H23N3OS/c1-5-15-12(13(18-4)10(2)3)8-11-9-17-6-7-19-14(17)16-11/h6-7,9-10,12-13,15H,5,8H2,1-4H3. The van der Waals surface area contributed by atoms with Gasteiger partial charge in [0.25, 0.3) is 0 Å². The van der Waals surface area contributed by atoms with Crippen LogP contribution >= 0.6 is 11.3 Å². The van der Waals surface area contributed by atoms with E-state index in [1.165, 1.54) is 0 Å². The van der Waals surface area contributed by atoms with Crippen LogP contribution in [0.3, 0.4) is 0 Å². The van der Waals surface area contributed by atoms with Crippen molar-refractivity contribution in [2.24, 2.45) is 5.92 Å². The van der Waals surface area contributed by atoms with Crippen molar-refractivity contribution in [1.29, 1.82) is 0 Å². The first-order chi connectivity index (χ1) is 9.15. The van der Waals surface area contributed by atoms with Gasteiger partial charge in [0.1, 0.15) is 0 Å². The smallest absolute Gasteiger partial charge is 0.193 e. The fourth-order valence-electron chi connectivity index (χ4n) is 2.57. The van der Waals surface area contributed by atoms with Crippen molar-refractivity contribution in [3.05, 3.63) is 23.5 Å². The summed E-state index contributed by atoms with van der Waals surface area (Å²) in [6.07, 6.45) is 5.27. The largest absolute Gasteiger partial charge is 0.380 e. The van der Waals surface area contributed by atoms with E-state index in [0.717, 1.165) is 23.6 Å². The number of hydrogen-bond donors (Lipinski definition) is 1. The van der Waals surface area contributed by atoms with Crippen molar-refractivity contribution in [1.82, 2.24) is 14.7 Å². The molecule has 0 saturated heterocycles. The van der Waals surface area contributed by atoms with Gasteiger partial charge in [0.05, 0.1) is 11.8 Å². The van der Waals surface area contributed by atoms with Crippen LogP contribution in [-0.2, 0) is 11.2 Å². The molecule has 2 aromatic rings. The Morgan fingerprint density at radius 3 is 2.84 bits per heavy atom. The number of imidazole rings is 1. The molecule has 2 aromatic heterocycles. The lowest BCUT2D eigenvalue weighted by molar-refractivity contribution is 0.0334. The van der Waals surface area contributed by atoms with Crippen LogP contribution < -0.4 is 5.32 Å². The zero-order chi connectivity index (χ0) is 13.8. The van der Waals surface area contributed by atoms with Gasteiger partial charge in [-0.2, -0.15) is 0 Å². The molecule has 0 radical (unpaired) electrons. The summed E-state index contributed by atoms with van der Waals surface area (Å²) in [4.78, 5) is 5.72. The van der Waals surface area contributed by atoms with Crippen molar-refractivity contribution >= 4 is 16.3 Å². The molecule has 5 heteroatoms. The second kappa shape index (κ2) is 6.50. The molecule has 2 rings (SSSR count). The summed E-state index contributed by atoms with van der Waals surface area (Å²) in [5, 5.41) is 5.58. The number of methoxy groups -OCH3 is 1. The predicted octanol–water partition coefficient (Wildman–Crippen LogP) is 2.59. The van der Waals surface area contributed by atoms with Gasteiger partial charge >= 0.3 is 0 Å². The fraction of sp³-hybridized carbons (Fsp3) is 0.643. The van der Waals surface area contributed by atoms with Crippen molar-refractivity contribution in [2.75, 3.05) is 13.7 Å². The molecular weight excluding hydrogens is 258 g/mol. The van der Waals surface area contributed by atoms with Gasteiger partial charge < -0.3 is 10.1 Å². The number of thiazole rings is 1. The zero-order valence-electron chi connectivity index (χ0n) is 12.1. The van der Waals surface area contributed by atoms with Gasteiger partial charge in [-0.05, 0) is 12.5 Å². The van der Waals surface area contributed by atoms with Crippen LogP contribution in [0.2, 0.25) is 0 Å². The maximum absolute atomic E-state index is 5.66. The Hall–Kier alpha value is -0.910. The van der Waals surface area contributed by atoms with E-state index in [4.69, 9.17) is 4.74 Å². The third kappa shape index (κ3) is 3.35. The van der Waals surface area contributed by atoms with Crippen LogP contribution in [0.4, 0.5) is 0 Å². The highest BCUT2D eigenvalue weighted by atomic mass is 32.1. The molecule has 2 unspecified atom stereocenters. The van der Waals surface area contributed by atoms with E-state index in [0.29, 0.717) is 12.0 Å². The lowest BCUT2D eigenvalue weighted by Gasteiger charge is -2.29. The minimum absolute atomic E-state index is 0.208. The monoisotopic (exact) mass is 281 g/mol. The second-order valence-corrected chi connectivity index (χ2v) is 6.01. The van der Waals surface area contributed by atoms with Crippen LogP contribution in [0.25, 0.3) is 4.96 Å². The minimum Gasteiger partial charge on any atom is -0.380 e. The lowest BCUT2D eigenvalue weighted by atomic mass is 9.96. The first-order valence-corrected chi connectivity index (χ1v) is 7.71. The first-order valence-electron chi connectivity index (χ1n) is 6.83. The number of aromatic nitrogens is 2. The number of fused-ring (bicyclic) bond motifs is 1. The first kappa shape index (κ1) is 14.5. The third-order valence-electron chi connectivity index (χ3n) is 3.36. The Kier molecular flexibility index (Phi) is 4.96. The summed E-state index contributed by atoms with van der Waals surface area (Å²) in [6.45, 7) is 7.47. The summed E-state index contributed by atoms with van der Waals surface area (Å²) in [5.74, 6) is 0.484. The molecule has 2 atom stereocenters. The minimum atomic E-state index is 0.208. The van der Waals surface area contributed by atoms with Crippen molar-refractivity contribution in [3.8, 4) is 0 Å². The second-order valence-electron chi connectivity index (χ2n) is 5.14. The van der Waals surface area contributed by atoms with Gasteiger partial charge in [0.2, 0.25) is 0 Å². The molecule has 2 heterocycles. The van der Waals surface area contributed by atoms with Crippen LogP contribution in [0.1, 0.15) is 26.5 Å². The summed E-state index contributed by atoms with van der Waals surface area (Å²) in [6, 6.07) is 0.305. The SMILES string of the molecule is CCNC(Cc1cn2ccsc2n1)C(OC)C(C)C. The number of nitrogens with zero attached hydrogens (tertiary/aromatic N) is 2. The molecular formula is C14H23N3OS. The van der Waals surface area contributed by atoms with E-state index < -0.39 is 0 Å². The van der Waals surface area contributed by atoms with Gasteiger partial charge in [0.15, 0.2) is 4.96 Å². The zero-order valence-corrected chi connectivity index (χ0v) is 12.9. The molecule has 4 nitrogen and oxygen atoms in total. The molecule has 0 aromatic carbocycles. The maximum atomic E-state index is 5.66. The molecule has 106 valence electrons. The van der Waals surface area contributed by atoms with Gasteiger partial charge in [0, 0.05) is 37.3 Å². The Labute approximate surface area is 118 Å². The van der Waals surface area contributed by atoms with Crippen LogP contribution in [-0.4, -0.2) is 35.2 Å². The Morgan fingerprint density at radius 1 is 1.47 bits per heavy atom. The fourth-order valence-corrected chi connectivity index (χ4v) is 3.29. The summed E-state index contributed by atoms with van der Waals surface area (Å²) >= 11 is 1.67. The van der Waals surface area contributed by atoms with Gasteiger partial charge in [-0.25, -0.2) is 4.98 Å². The Morgan fingerprint density at radius 2 is 2.26 bits per heavy atom. The van der Waals surface area contributed by atoms with Crippen molar-refractivity contribution < 1.29 is 4.74 Å². The highest BCUT2D eigenvalue weighted by Gasteiger charge is 2.24. The quantitative estimate of drug-likeness (QED) is 0.848. The molecule has 1 N–H and O–H groups in total. The van der Waals surface area contributed by atoms with Crippen LogP contribution in [0, 0.1) is 5.92 Å². The molecule has 0 fully saturated rings. The predicted molar refractivity (Wildman–Crippen MR) is 79.9 cm³/mol. The normalized spacial score (nSPS) is 15.2. The van der Waals surface area contributed by atoms with Gasteiger partial charge in [-0.1, -0.05) is 20.8 Å². The van der Waals surface area contributed by atoms with Crippen LogP contribution in [0.15, 0.2) is 17.8 Å². The average molecular weight is 281 g/mol. The molecule has 19 heavy (non-hydrogen) atoms. The van der Waals surface area contributed by atoms with Gasteiger partial charge in [-0.15, -0.1) is 11.3 Å². The lowest BCUT2D eigenvalue weighted by Crippen LogP contribution is -2.45. The number of nitrogens with one attached hydrogen (secondary N) is 1. The number of likely N-dealkylation sites (N-methyl/N-ethyl adjacent to an activating group) is 1. The van der Waals surface area contributed by atoms with E-state index in [1.807, 2.05) is 0 Å². The number of ether oxygens (including phenoxy) is 1. The van der Waals surface area contributed by atoms with E-state index in [-0.39, 0.29) is 6.10 Å². The van der Waals surface area contributed by atoms with E-state index >= 15 is 0 Å². The number of rotatable bonds is 7. The highest BCUT2D eigenvalue weighted by Crippen LogP contribution is 2.17. The van der Waals surface area contributed by atoms with Gasteiger partial charge in [-0.3, -0.25) is 4.40 Å². The average Bonchev–Trinajstić information content (AvgIpc) is 2.90.